The summed E-state index contributed by atoms with van der Waals surface area (Å²) in [7, 11) is 0. The lowest BCUT2D eigenvalue weighted by Gasteiger charge is -2.10. The number of nitrogens with zero attached hydrogens (tertiary/aromatic N) is 6. The molecule has 4 heterocycles. The maximum atomic E-state index is 14.1. The molecule has 5 rings (SSSR count). The number of nitrogens with one attached hydrogen (secondary N) is 1. The molecule has 1 fully saturated rings. The summed E-state index contributed by atoms with van der Waals surface area (Å²) in [5, 5.41) is 17.3. The average Bonchev–Trinajstić information content (AvgIpc) is 3.50. The molecule has 152 valence electrons. The van der Waals surface area contributed by atoms with Crippen LogP contribution in [-0.4, -0.2) is 44.0 Å². The van der Waals surface area contributed by atoms with Crippen molar-refractivity contribution in [3.05, 3.63) is 59.7 Å². The van der Waals surface area contributed by atoms with Gasteiger partial charge >= 0.3 is 0 Å². The number of anilines is 2. The number of hydrogen-bond donors (Lipinski definition) is 1. The minimum atomic E-state index is -0.399. The van der Waals surface area contributed by atoms with Crippen LogP contribution < -0.4 is 10.2 Å². The van der Waals surface area contributed by atoms with Gasteiger partial charge in [0.05, 0.1) is 11.9 Å². The quantitative estimate of drug-likeness (QED) is 0.530. The van der Waals surface area contributed by atoms with E-state index in [4.69, 9.17) is 0 Å². The molecule has 1 N–H and O–H groups in total. The van der Waals surface area contributed by atoms with Gasteiger partial charge < -0.3 is 4.90 Å². The maximum Gasteiger partial charge on any atom is 0.278 e. The van der Waals surface area contributed by atoms with Crippen LogP contribution in [0, 0.1) is 5.82 Å². The molecule has 1 amide bonds. The normalized spacial score (nSPS) is 13.8. The number of halogens is 1. The first kappa shape index (κ1) is 18.6. The molecule has 1 aliphatic heterocycles. The van der Waals surface area contributed by atoms with E-state index in [9.17, 15) is 9.18 Å². The van der Waals surface area contributed by atoms with Crippen LogP contribution in [0.4, 0.5) is 14.7 Å². The van der Waals surface area contributed by atoms with Gasteiger partial charge in [-0.25, -0.2) is 14.1 Å². The molecule has 0 unspecified atom stereocenters. The van der Waals surface area contributed by atoms with Crippen molar-refractivity contribution < 1.29 is 9.18 Å². The van der Waals surface area contributed by atoms with Crippen molar-refractivity contribution in [2.75, 3.05) is 23.3 Å². The van der Waals surface area contributed by atoms with Gasteiger partial charge in [0.15, 0.2) is 11.3 Å². The fourth-order valence-electron chi connectivity index (χ4n) is 3.53. The molecule has 4 aromatic rings. The number of aromatic nitrogens is 5. The Morgan fingerprint density at radius 1 is 1.13 bits per heavy atom. The van der Waals surface area contributed by atoms with Crippen LogP contribution in [0.25, 0.3) is 11.0 Å². The van der Waals surface area contributed by atoms with Crippen molar-refractivity contribution in [3.8, 4) is 0 Å². The number of pyridine rings is 1. The molecular formula is C20H18FN7OS. The van der Waals surface area contributed by atoms with Crippen LogP contribution in [0.5, 0.6) is 0 Å². The highest BCUT2D eigenvalue weighted by Crippen LogP contribution is 2.27. The Morgan fingerprint density at radius 3 is 2.80 bits per heavy atom. The Balaban J connectivity index is 1.42. The first-order valence-electron chi connectivity index (χ1n) is 9.64. The highest BCUT2D eigenvalue weighted by Gasteiger charge is 2.21. The maximum absolute atomic E-state index is 14.1. The van der Waals surface area contributed by atoms with Gasteiger partial charge in [-0.05, 0) is 31.0 Å². The zero-order valence-corrected chi connectivity index (χ0v) is 16.8. The number of carbonyl (C=O) groups is 1. The van der Waals surface area contributed by atoms with Crippen LogP contribution in [0.2, 0.25) is 0 Å². The second-order valence-corrected chi connectivity index (χ2v) is 7.97. The lowest BCUT2D eigenvalue weighted by molar-refractivity contribution is 0.102. The van der Waals surface area contributed by atoms with Gasteiger partial charge in [-0.2, -0.15) is 5.10 Å². The molecule has 8 nitrogen and oxygen atoms in total. The van der Waals surface area contributed by atoms with Crippen LogP contribution in [0.1, 0.15) is 28.9 Å². The van der Waals surface area contributed by atoms with Crippen LogP contribution in [-0.2, 0) is 6.54 Å². The van der Waals surface area contributed by atoms with Crippen molar-refractivity contribution in [3.63, 3.8) is 0 Å². The molecule has 30 heavy (non-hydrogen) atoms. The van der Waals surface area contributed by atoms with E-state index in [1.165, 1.54) is 17.4 Å². The molecule has 1 aromatic carbocycles. The zero-order valence-electron chi connectivity index (χ0n) is 16.0. The average molecular weight is 423 g/mol. The molecule has 0 radical (unpaired) electrons. The van der Waals surface area contributed by atoms with E-state index >= 15 is 0 Å². The van der Waals surface area contributed by atoms with Crippen molar-refractivity contribution in [2.24, 2.45) is 0 Å². The third kappa shape index (κ3) is 3.50. The predicted molar refractivity (Wildman–Crippen MR) is 112 cm³/mol. The molecule has 0 spiro atoms. The standard InChI is InChI=1S/C20H18FN7OS/c21-15-8-2-1-6-13(15)12-28-17-14(7-5-9-22-17)16(26-28)18(29)23-19-24-25-20(30-19)27-10-3-4-11-27/h1-2,5-9H,3-4,10-12H2,(H,23,24,29). The Labute approximate surface area is 175 Å². The summed E-state index contributed by atoms with van der Waals surface area (Å²) in [5.74, 6) is -0.726. The Morgan fingerprint density at radius 2 is 1.97 bits per heavy atom. The van der Waals surface area contributed by atoms with Crippen LogP contribution >= 0.6 is 11.3 Å². The van der Waals surface area contributed by atoms with Gasteiger partial charge in [0, 0.05) is 24.8 Å². The topological polar surface area (TPSA) is 88.8 Å². The highest BCUT2D eigenvalue weighted by atomic mass is 32.1. The summed E-state index contributed by atoms with van der Waals surface area (Å²) in [6.07, 6.45) is 3.90. The number of fused-ring (bicyclic) bond motifs is 1. The minimum Gasteiger partial charge on any atom is -0.347 e. The highest BCUT2D eigenvalue weighted by molar-refractivity contribution is 7.19. The van der Waals surface area contributed by atoms with E-state index in [-0.39, 0.29) is 18.1 Å². The summed E-state index contributed by atoms with van der Waals surface area (Å²) in [5.41, 5.74) is 1.20. The fraction of sp³-hybridized carbons (Fsp3) is 0.250. The number of rotatable bonds is 5. The second kappa shape index (κ2) is 7.79. The van der Waals surface area contributed by atoms with Crippen LogP contribution in [0.15, 0.2) is 42.6 Å². The summed E-state index contributed by atoms with van der Waals surface area (Å²) in [4.78, 5) is 19.4. The monoisotopic (exact) mass is 423 g/mol. The smallest absolute Gasteiger partial charge is 0.278 e. The number of benzene rings is 1. The van der Waals surface area contributed by atoms with E-state index in [0.29, 0.717) is 21.7 Å². The minimum absolute atomic E-state index is 0.172. The Hall–Kier alpha value is -3.40. The second-order valence-electron chi connectivity index (χ2n) is 7.01. The fourth-order valence-corrected chi connectivity index (χ4v) is 4.33. The van der Waals surface area contributed by atoms with Gasteiger partial charge in [-0.3, -0.25) is 10.1 Å². The first-order chi connectivity index (χ1) is 14.7. The summed E-state index contributed by atoms with van der Waals surface area (Å²) in [6.45, 7) is 2.09. The summed E-state index contributed by atoms with van der Waals surface area (Å²) in [6, 6.07) is 10.00. The van der Waals surface area contributed by atoms with Gasteiger partial charge in [-0.15, -0.1) is 10.2 Å². The molecule has 1 saturated heterocycles. The molecule has 1 aliphatic rings. The summed E-state index contributed by atoms with van der Waals surface area (Å²) >= 11 is 1.34. The number of amides is 1. The third-order valence-electron chi connectivity index (χ3n) is 5.01. The van der Waals surface area contributed by atoms with E-state index in [0.717, 1.165) is 31.1 Å². The van der Waals surface area contributed by atoms with Crippen molar-refractivity contribution in [1.29, 1.82) is 0 Å². The zero-order chi connectivity index (χ0) is 20.5. The SMILES string of the molecule is O=C(Nc1nnc(N2CCCC2)s1)c1nn(Cc2ccccc2F)c2ncccc12. The predicted octanol–water partition coefficient (Wildman–Crippen LogP) is 3.32. The third-order valence-corrected chi connectivity index (χ3v) is 5.91. The summed E-state index contributed by atoms with van der Waals surface area (Å²) < 4.78 is 15.6. The molecule has 3 aromatic heterocycles. The largest absolute Gasteiger partial charge is 0.347 e. The lowest BCUT2D eigenvalue weighted by atomic mass is 10.2. The van der Waals surface area contributed by atoms with E-state index in [1.807, 2.05) is 0 Å². The van der Waals surface area contributed by atoms with Gasteiger partial charge in [0.1, 0.15) is 5.82 Å². The molecular weight excluding hydrogens is 405 g/mol. The van der Waals surface area contributed by atoms with Crippen molar-refractivity contribution in [2.45, 2.75) is 19.4 Å². The molecule has 0 saturated carbocycles. The molecule has 0 aliphatic carbocycles. The molecule has 0 bridgehead atoms. The van der Waals surface area contributed by atoms with Crippen molar-refractivity contribution >= 4 is 38.5 Å². The molecule has 10 heteroatoms. The number of hydrogen-bond acceptors (Lipinski definition) is 7. The Kier molecular flexibility index (Phi) is 4.83. The number of carbonyl (C=O) groups excluding carboxylic acids is 1. The van der Waals surface area contributed by atoms with Crippen LogP contribution in [0.3, 0.4) is 0 Å². The Bertz CT molecular complexity index is 1210. The first-order valence-corrected chi connectivity index (χ1v) is 10.5. The van der Waals surface area contributed by atoms with Gasteiger partial charge in [0.25, 0.3) is 5.91 Å². The van der Waals surface area contributed by atoms with Gasteiger partial charge in [-0.1, -0.05) is 29.5 Å². The molecule has 0 atom stereocenters. The van der Waals surface area contributed by atoms with Crippen molar-refractivity contribution in [1.82, 2.24) is 25.0 Å². The van der Waals surface area contributed by atoms with E-state index in [1.54, 1.807) is 41.2 Å². The van der Waals surface area contributed by atoms with E-state index < -0.39 is 5.91 Å². The van der Waals surface area contributed by atoms with E-state index in [2.05, 4.69) is 30.5 Å². The van der Waals surface area contributed by atoms with Gasteiger partial charge in [0.2, 0.25) is 10.3 Å². The lowest BCUT2D eigenvalue weighted by Crippen LogP contribution is -2.17.